The van der Waals surface area contributed by atoms with Crippen LogP contribution < -0.4 is 15.2 Å². The molecule has 1 rings (SSSR count). The van der Waals surface area contributed by atoms with E-state index >= 15 is 0 Å². The van der Waals surface area contributed by atoms with Crippen LogP contribution in [0.2, 0.25) is 0 Å². The number of aliphatic hydroxyl groups excluding tert-OH is 1. The van der Waals surface area contributed by atoms with Gasteiger partial charge in [-0.3, -0.25) is 0 Å². The second-order valence-electron chi connectivity index (χ2n) is 5.39. The van der Waals surface area contributed by atoms with Crippen LogP contribution in [-0.4, -0.2) is 31.5 Å². The van der Waals surface area contributed by atoms with E-state index in [1.54, 1.807) is 6.07 Å². The predicted octanol–water partition coefficient (Wildman–Crippen LogP) is 2.82. The van der Waals surface area contributed by atoms with Gasteiger partial charge in [-0.05, 0) is 30.4 Å². The second-order valence-corrected chi connectivity index (χ2v) is 5.39. The number of ether oxygens (including phenoxy) is 2. The van der Waals surface area contributed by atoms with E-state index in [1.165, 1.54) is 20.3 Å². The van der Waals surface area contributed by atoms with Crippen molar-refractivity contribution in [1.29, 1.82) is 0 Å². The van der Waals surface area contributed by atoms with E-state index in [9.17, 15) is 9.50 Å². The lowest BCUT2D eigenvalue weighted by Gasteiger charge is -2.23. The summed E-state index contributed by atoms with van der Waals surface area (Å²) in [5, 5.41) is 10.1. The molecule has 0 radical (unpaired) electrons. The van der Waals surface area contributed by atoms with Crippen molar-refractivity contribution in [3.63, 3.8) is 0 Å². The van der Waals surface area contributed by atoms with Crippen molar-refractivity contribution in [3.8, 4) is 11.5 Å². The fourth-order valence-electron chi connectivity index (χ4n) is 2.44. The highest BCUT2D eigenvalue weighted by molar-refractivity contribution is 5.44. The molecular weight excluding hydrogens is 273 g/mol. The van der Waals surface area contributed by atoms with Crippen LogP contribution in [-0.2, 0) is 0 Å². The van der Waals surface area contributed by atoms with E-state index in [0.717, 1.165) is 12.8 Å². The van der Waals surface area contributed by atoms with Crippen LogP contribution in [0.25, 0.3) is 0 Å². The summed E-state index contributed by atoms with van der Waals surface area (Å²) in [4.78, 5) is 0. The number of aliphatic hydroxyl groups is 1. The molecule has 3 unspecified atom stereocenters. The van der Waals surface area contributed by atoms with E-state index < -0.39 is 6.10 Å². The smallest absolute Gasteiger partial charge is 0.163 e. The predicted molar refractivity (Wildman–Crippen MR) is 81.4 cm³/mol. The molecule has 4 nitrogen and oxygen atoms in total. The number of rotatable bonds is 8. The third kappa shape index (κ3) is 4.58. The Labute approximate surface area is 126 Å². The summed E-state index contributed by atoms with van der Waals surface area (Å²) in [6, 6.07) is 2.65. The van der Waals surface area contributed by atoms with Crippen molar-refractivity contribution in [2.45, 2.75) is 51.2 Å². The highest BCUT2D eigenvalue weighted by atomic mass is 19.1. The Hall–Kier alpha value is -1.33. The molecule has 0 heterocycles. The van der Waals surface area contributed by atoms with E-state index in [1.807, 2.05) is 13.8 Å². The lowest BCUT2D eigenvalue weighted by molar-refractivity contribution is 0.123. The maximum Gasteiger partial charge on any atom is 0.163 e. The molecule has 0 aliphatic rings. The molecule has 0 aliphatic carbocycles. The summed E-state index contributed by atoms with van der Waals surface area (Å²) in [5.74, 6) is 0.307. The van der Waals surface area contributed by atoms with Crippen molar-refractivity contribution in [2.24, 2.45) is 5.73 Å². The van der Waals surface area contributed by atoms with Crippen LogP contribution in [0, 0.1) is 5.82 Å². The molecule has 3 N–H and O–H groups in total. The minimum Gasteiger partial charge on any atom is -0.493 e. The van der Waals surface area contributed by atoms with Crippen LogP contribution in [0.3, 0.4) is 0 Å². The van der Waals surface area contributed by atoms with Crippen LogP contribution in [0.1, 0.15) is 44.6 Å². The largest absolute Gasteiger partial charge is 0.493 e. The van der Waals surface area contributed by atoms with Crippen molar-refractivity contribution in [3.05, 3.63) is 23.5 Å². The fourth-order valence-corrected chi connectivity index (χ4v) is 2.44. The summed E-state index contributed by atoms with van der Waals surface area (Å²) in [6.07, 6.45) is 1.43. The molecule has 1 aromatic rings. The van der Waals surface area contributed by atoms with Crippen LogP contribution >= 0.6 is 0 Å². The Morgan fingerprint density at radius 2 is 1.81 bits per heavy atom. The molecule has 0 aliphatic heterocycles. The number of benzene rings is 1. The maximum absolute atomic E-state index is 14.2. The third-order valence-electron chi connectivity index (χ3n) is 3.75. The molecule has 0 spiro atoms. The second kappa shape index (κ2) is 8.20. The van der Waals surface area contributed by atoms with Crippen molar-refractivity contribution < 1.29 is 19.0 Å². The maximum atomic E-state index is 14.2. The molecule has 1 aromatic carbocycles. The topological polar surface area (TPSA) is 64.7 Å². The Morgan fingerprint density at radius 1 is 1.24 bits per heavy atom. The Bertz CT molecular complexity index is 453. The molecule has 0 bridgehead atoms. The fraction of sp³-hybridized carbons (Fsp3) is 0.625. The van der Waals surface area contributed by atoms with Gasteiger partial charge in [0.1, 0.15) is 5.82 Å². The van der Waals surface area contributed by atoms with Gasteiger partial charge in [0.25, 0.3) is 0 Å². The number of hydrogen-bond acceptors (Lipinski definition) is 4. The molecule has 5 heteroatoms. The highest BCUT2D eigenvalue weighted by Gasteiger charge is 2.21. The summed E-state index contributed by atoms with van der Waals surface area (Å²) in [5.41, 5.74) is 6.40. The first-order chi connectivity index (χ1) is 9.94. The standard InChI is InChI=1S/C16H26FNO3/c1-5-6-13(18)14(19)7-10(2)11-8-15(20-3)16(21-4)9-12(11)17/h8-10,13-14,19H,5-7,18H2,1-4H3. The molecular formula is C16H26FNO3. The number of hydrogen-bond donors (Lipinski definition) is 2. The van der Waals surface area contributed by atoms with Crippen LogP contribution in [0.15, 0.2) is 12.1 Å². The summed E-state index contributed by atoms with van der Waals surface area (Å²) in [6.45, 7) is 3.89. The molecule has 0 fully saturated rings. The molecule has 3 atom stereocenters. The van der Waals surface area contributed by atoms with Gasteiger partial charge in [-0.2, -0.15) is 0 Å². The lowest BCUT2D eigenvalue weighted by Crippen LogP contribution is -2.35. The number of nitrogens with two attached hydrogens (primary N) is 1. The zero-order chi connectivity index (χ0) is 16.0. The zero-order valence-corrected chi connectivity index (χ0v) is 13.2. The number of methoxy groups -OCH3 is 2. The molecule has 0 saturated carbocycles. The highest BCUT2D eigenvalue weighted by Crippen LogP contribution is 2.34. The third-order valence-corrected chi connectivity index (χ3v) is 3.75. The zero-order valence-electron chi connectivity index (χ0n) is 13.2. The van der Waals surface area contributed by atoms with Crippen molar-refractivity contribution in [2.75, 3.05) is 14.2 Å². The molecule has 0 aromatic heterocycles. The van der Waals surface area contributed by atoms with Crippen molar-refractivity contribution in [1.82, 2.24) is 0 Å². The lowest BCUT2D eigenvalue weighted by atomic mass is 9.90. The Kier molecular flexibility index (Phi) is 6.92. The minimum absolute atomic E-state index is 0.164. The van der Waals surface area contributed by atoms with Gasteiger partial charge in [-0.15, -0.1) is 0 Å². The van der Waals surface area contributed by atoms with Gasteiger partial charge in [-0.25, -0.2) is 4.39 Å². The minimum atomic E-state index is -0.646. The Balaban J connectivity index is 2.89. The van der Waals surface area contributed by atoms with Gasteiger partial charge >= 0.3 is 0 Å². The van der Waals surface area contributed by atoms with Gasteiger partial charge in [-0.1, -0.05) is 20.3 Å². The number of halogens is 1. The molecule has 21 heavy (non-hydrogen) atoms. The molecule has 0 amide bonds. The van der Waals surface area contributed by atoms with Gasteiger partial charge in [0, 0.05) is 12.1 Å². The van der Waals surface area contributed by atoms with E-state index in [4.69, 9.17) is 15.2 Å². The average Bonchev–Trinajstić information content (AvgIpc) is 2.46. The van der Waals surface area contributed by atoms with Gasteiger partial charge in [0.2, 0.25) is 0 Å². The first-order valence-electron chi connectivity index (χ1n) is 7.29. The summed E-state index contributed by atoms with van der Waals surface area (Å²) in [7, 11) is 2.98. The van der Waals surface area contributed by atoms with E-state index in [2.05, 4.69) is 0 Å². The van der Waals surface area contributed by atoms with E-state index in [0.29, 0.717) is 23.5 Å². The molecule has 120 valence electrons. The van der Waals surface area contributed by atoms with Crippen LogP contribution in [0.5, 0.6) is 11.5 Å². The van der Waals surface area contributed by atoms with Crippen molar-refractivity contribution >= 4 is 0 Å². The van der Waals surface area contributed by atoms with Crippen LogP contribution in [0.4, 0.5) is 4.39 Å². The summed E-state index contributed by atoms with van der Waals surface area (Å²) < 4.78 is 24.4. The SMILES string of the molecule is CCCC(N)C(O)CC(C)c1cc(OC)c(OC)cc1F. The Morgan fingerprint density at radius 3 is 2.33 bits per heavy atom. The molecule has 0 saturated heterocycles. The monoisotopic (exact) mass is 299 g/mol. The normalized spacial score (nSPS) is 15.4. The van der Waals surface area contributed by atoms with Gasteiger partial charge < -0.3 is 20.3 Å². The quantitative estimate of drug-likeness (QED) is 0.774. The first-order valence-corrected chi connectivity index (χ1v) is 7.29. The summed E-state index contributed by atoms with van der Waals surface area (Å²) >= 11 is 0. The van der Waals surface area contributed by atoms with Gasteiger partial charge in [0.15, 0.2) is 11.5 Å². The average molecular weight is 299 g/mol. The first kappa shape index (κ1) is 17.7. The van der Waals surface area contributed by atoms with Gasteiger partial charge in [0.05, 0.1) is 20.3 Å². The van der Waals surface area contributed by atoms with E-state index in [-0.39, 0.29) is 17.8 Å².